The summed E-state index contributed by atoms with van der Waals surface area (Å²) in [6.07, 6.45) is 2.31. The maximum atomic E-state index is 9.27. The van der Waals surface area contributed by atoms with Gasteiger partial charge in [-0.3, -0.25) is 4.57 Å². The Labute approximate surface area is 182 Å². The average Bonchev–Trinajstić information content (AvgIpc) is 3.48. The Morgan fingerprint density at radius 1 is 1.23 bits per heavy atom. The molecule has 0 unspecified atom stereocenters. The number of nitrogens with zero attached hydrogens (tertiary/aromatic N) is 5. The molecule has 4 rings (SSSR count). The topological polar surface area (TPSA) is 76.2 Å². The van der Waals surface area contributed by atoms with E-state index in [4.69, 9.17) is 9.47 Å². The number of rotatable bonds is 8. The van der Waals surface area contributed by atoms with Crippen LogP contribution in [0.2, 0.25) is 0 Å². The highest BCUT2D eigenvalue weighted by atomic mass is 16.5. The molecule has 7 nitrogen and oxygen atoms in total. The Hall–Kier alpha value is -3.37. The van der Waals surface area contributed by atoms with Crippen LogP contribution in [-0.2, 0) is 17.8 Å². The largest absolute Gasteiger partial charge is 0.497 e. The molecule has 160 valence electrons. The van der Waals surface area contributed by atoms with Crippen molar-refractivity contribution in [2.24, 2.45) is 0 Å². The summed E-state index contributed by atoms with van der Waals surface area (Å²) in [7, 11) is 1.68. The standard InChI is InChI=1S/C24H27N5O2/c1-3-29-23(20-9-4-7-18(13-20)15-25)26-27-24(29)28(17-22-11-6-12-31-22)16-19-8-5-10-21(14-19)30-2/h4-5,7-10,13-14,22H,3,6,11-12,16-17H2,1-2H3/t22-/m1/s1. The van der Waals surface area contributed by atoms with E-state index in [-0.39, 0.29) is 6.10 Å². The molecule has 1 aliphatic heterocycles. The van der Waals surface area contributed by atoms with Gasteiger partial charge in [-0.2, -0.15) is 5.26 Å². The average molecular weight is 418 g/mol. The van der Waals surface area contributed by atoms with Crippen LogP contribution in [0.4, 0.5) is 5.95 Å². The maximum Gasteiger partial charge on any atom is 0.227 e. The molecule has 2 aromatic carbocycles. The first-order valence-electron chi connectivity index (χ1n) is 10.6. The zero-order valence-corrected chi connectivity index (χ0v) is 18.0. The van der Waals surface area contributed by atoms with Crippen molar-refractivity contribution >= 4 is 5.95 Å². The minimum atomic E-state index is 0.179. The molecule has 0 amide bonds. The van der Waals surface area contributed by atoms with Gasteiger partial charge in [0.25, 0.3) is 0 Å². The number of hydrogen-bond donors (Lipinski definition) is 0. The second-order valence-corrected chi connectivity index (χ2v) is 7.63. The fourth-order valence-corrected chi connectivity index (χ4v) is 4.00. The molecule has 0 N–H and O–H groups in total. The van der Waals surface area contributed by atoms with E-state index in [9.17, 15) is 5.26 Å². The van der Waals surface area contributed by atoms with Gasteiger partial charge in [0.2, 0.25) is 5.95 Å². The molecule has 0 spiro atoms. The summed E-state index contributed by atoms with van der Waals surface area (Å²) < 4.78 is 13.4. The van der Waals surface area contributed by atoms with Crippen LogP contribution in [-0.4, -0.2) is 41.1 Å². The van der Waals surface area contributed by atoms with Gasteiger partial charge < -0.3 is 14.4 Å². The molecular weight excluding hydrogens is 390 g/mol. The number of hydrogen-bond acceptors (Lipinski definition) is 6. The van der Waals surface area contributed by atoms with Crippen molar-refractivity contribution in [1.82, 2.24) is 14.8 Å². The zero-order chi connectivity index (χ0) is 21.6. The van der Waals surface area contributed by atoms with Crippen molar-refractivity contribution in [3.63, 3.8) is 0 Å². The molecule has 2 heterocycles. The number of ether oxygens (including phenoxy) is 2. The Morgan fingerprint density at radius 3 is 2.84 bits per heavy atom. The summed E-state index contributed by atoms with van der Waals surface area (Å²) in [5, 5.41) is 18.3. The Morgan fingerprint density at radius 2 is 2.10 bits per heavy atom. The van der Waals surface area contributed by atoms with Crippen molar-refractivity contribution in [1.29, 1.82) is 5.26 Å². The smallest absolute Gasteiger partial charge is 0.227 e. The van der Waals surface area contributed by atoms with Crippen LogP contribution in [0.3, 0.4) is 0 Å². The van der Waals surface area contributed by atoms with Crippen molar-refractivity contribution in [3.8, 4) is 23.2 Å². The summed E-state index contributed by atoms with van der Waals surface area (Å²) >= 11 is 0. The molecule has 0 radical (unpaired) electrons. The molecular formula is C24H27N5O2. The van der Waals surface area contributed by atoms with E-state index in [1.54, 1.807) is 13.2 Å². The zero-order valence-electron chi connectivity index (χ0n) is 18.0. The summed E-state index contributed by atoms with van der Waals surface area (Å²) in [4.78, 5) is 2.24. The highest BCUT2D eigenvalue weighted by Gasteiger charge is 2.24. The minimum absolute atomic E-state index is 0.179. The number of anilines is 1. The van der Waals surface area contributed by atoms with Crippen LogP contribution >= 0.6 is 0 Å². The van der Waals surface area contributed by atoms with Crippen LogP contribution in [0, 0.1) is 11.3 Å². The van der Waals surface area contributed by atoms with Crippen LogP contribution in [0.25, 0.3) is 11.4 Å². The first-order chi connectivity index (χ1) is 15.2. The molecule has 3 aromatic rings. The third-order valence-electron chi connectivity index (χ3n) is 5.54. The molecule has 0 bridgehead atoms. The molecule has 1 atom stereocenters. The fraction of sp³-hybridized carbons (Fsp3) is 0.375. The predicted octanol–water partition coefficient (Wildman–Crippen LogP) is 4.03. The van der Waals surface area contributed by atoms with Gasteiger partial charge >= 0.3 is 0 Å². The predicted molar refractivity (Wildman–Crippen MR) is 119 cm³/mol. The molecule has 1 aromatic heterocycles. The summed E-state index contributed by atoms with van der Waals surface area (Å²) in [6, 6.07) is 17.8. The monoisotopic (exact) mass is 417 g/mol. The molecule has 1 aliphatic rings. The molecule has 0 saturated carbocycles. The lowest BCUT2D eigenvalue weighted by Crippen LogP contribution is -2.34. The van der Waals surface area contributed by atoms with E-state index in [0.717, 1.165) is 54.6 Å². The molecule has 7 heteroatoms. The molecule has 1 saturated heterocycles. The second-order valence-electron chi connectivity index (χ2n) is 7.63. The Kier molecular flexibility index (Phi) is 6.48. The van der Waals surface area contributed by atoms with Gasteiger partial charge in [-0.1, -0.05) is 24.3 Å². The lowest BCUT2D eigenvalue weighted by atomic mass is 10.1. The molecule has 0 aliphatic carbocycles. The van der Waals surface area contributed by atoms with E-state index in [1.165, 1.54) is 0 Å². The quantitative estimate of drug-likeness (QED) is 0.551. The van der Waals surface area contributed by atoms with E-state index in [2.05, 4.69) is 38.7 Å². The van der Waals surface area contributed by atoms with Gasteiger partial charge in [-0.25, -0.2) is 0 Å². The lowest BCUT2D eigenvalue weighted by molar-refractivity contribution is 0.115. The third kappa shape index (κ3) is 4.70. The van der Waals surface area contributed by atoms with Crippen molar-refractivity contribution in [2.75, 3.05) is 25.2 Å². The van der Waals surface area contributed by atoms with Gasteiger partial charge in [0, 0.05) is 31.8 Å². The highest BCUT2D eigenvalue weighted by Crippen LogP contribution is 2.27. The normalized spacial score (nSPS) is 15.6. The minimum Gasteiger partial charge on any atom is -0.497 e. The van der Waals surface area contributed by atoms with E-state index < -0.39 is 0 Å². The van der Waals surface area contributed by atoms with Crippen molar-refractivity contribution < 1.29 is 9.47 Å². The SMILES string of the molecule is CCn1c(-c2cccc(C#N)c2)nnc1N(Cc1cccc(OC)c1)C[C@H]1CCCO1. The van der Waals surface area contributed by atoms with Crippen molar-refractivity contribution in [2.45, 2.75) is 39.0 Å². The van der Waals surface area contributed by atoms with Crippen LogP contribution in [0.5, 0.6) is 5.75 Å². The van der Waals surface area contributed by atoms with E-state index in [0.29, 0.717) is 18.7 Å². The molecule has 31 heavy (non-hydrogen) atoms. The number of nitriles is 1. The van der Waals surface area contributed by atoms with Gasteiger partial charge in [0.1, 0.15) is 5.75 Å². The Bertz CT molecular complexity index is 1070. The van der Waals surface area contributed by atoms with Gasteiger partial charge in [0.05, 0.1) is 24.8 Å². The first-order valence-corrected chi connectivity index (χ1v) is 10.6. The van der Waals surface area contributed by atoms with Crippen LogP contribution in [0.1, 0.15) is 30.9 Å². The summed E-state index contributed by atoms with van der Waals surface area (Å²) in [5.74, 6) is 2.40. The third-order valence-corrected chi connectivity index (χ3v) is 5.54. The van der Waals surface area contributed by atoms with E-state index in [1.807, 2.05) is 36.4 Å². The summed E-state index contributed by atoms with van der Waals surface area (Å²) in [5.41, 5.74) is 2.63. The van der Waals surface area contributed by atoms with Gasteiger partial charge in [-0.15, -0.1) is 10.2 Å². The fourth-order valence-electron chi connectivity index (χ4n) is 4.00. The molecule has 1 fully saturated rings. The highest BCUT2D eigenvalue weighted by molar-refractivity contribution is 5.60. The number of methoxy groups -OCH3 is 1. The van der Waals surface area contributed by atoms with Gasteiger partial charge in [-0.05, 0) is 49.6 Å². The maximum absolute atomic E-state index is 9.27. The lowest BCUT2D eigenvalue weighted by Gasteiger charge is -2.27. The van der Waals surface area contributed by atoms with Crippen LogP contribution in [0.15, 0.2) is 48.5 Å². The van der Waals surface area contributed by atoms with E-state index >= 15 is 0 Å². The Balaban J connectivity index is 1.69. The summed E-state index contributed by atoms with van der Waals surface area (Å²) in [6.45, 7) is 5.03. The van der Waals surface area contributed by atoms with Crippen LogP contribution < -0.4 is 9.64 Å². The second kappa shape index (κ2) is 9.63. The first kappa shape index (κ1) is 20.9. The van der Waals surface area contributed by atoms with Crippen molar-refractivity contribution in [3.05, 3.63) is 59.7 Å². The number of benzene rings is 2. The van der Waals surface area contributed by atoms with Gasteiger partial charge in [0.15, 0.2) is 5.82 Å². The number of aromatic nitrogens is 3.